The highest BCUT2D eigenvalue weighted by Crippen LogP contribution is 2.15. The summed E-state index contributed by atoms with van der Waals surface area (Å²) < 4.78 is 5.08. The lowest BCUT2D eigenvalue weighted by Crippen LogP contribution is -2.50. The summed E-state index contributed by atoms with van der Waals surface area (Å²) in [7, 11) is 0. The Morgan fingerprint density at radius 1 is 1.53 bits per heavy atom. The number of likely N-dealkylation sites (tertiary alicyclic amines) is 1. The maximum atomic E-state index is 11.6. The lowest BCUT2D eigenvalue weighted by atomic mass is 10.1. The van der Waals surface area contributed by atoms with Gasteiger partial charge in [0.05, 0.1) is 18.8 Å². The number of imide groups is 1. The van der Waals surface area contributed by atoms with Crippen LogP contribution in [0.15, 0.2) is 22.8 Å². The molecule has 5 heteroatoms. The highest BCUT2D eigenvalue weighted by atomic mass is 16.3. The summed E-state index contributed by atoms with van der Waals surface area (Å²) in [6.45, 7) is 0.179. The molecule has 1 aliphatic heterocycles. The summed E-state index contributed by atoms with van der Waals surface area (Å²) in [5.41, 5.74) is 5.59. The van der Waals surface area contributed by atoms with Crippen molar-refractivity contribution in [1.82, 2.24) is 4.90 Å². The minimum Gasteiger partial charge on any atom is -0.467 e. The first-order valence-electron chi connectivity index (χ1n) is 4.80. The Kier molecular flexibility index (Phi) is 2.55. The fraction of sp³-hybridized carbons (Fsp3) is 0.400. The molecule has 1 aromatic rings. The highest BCUT2D eigenvalue weighted by Gasteiger charge is 2.32. The second kappa shape index (κ2) is 3.86. The Morgan fingerprint density at radius 2 is 2.33 bits per heavy atom. The Labute approximate surface area is 86.8 Å². The molecule has 1 aliphatic rings. The van der Waals surface area contributed by atoms with Crippen molar-refractivity contribution in [2.24, 2.45) is 5.73 Å². The molecule has 5 nitrogen and oxygen atoms in total. The van der Waals surface area contributed by atoms with Crippen molar-refractivity contribution >= 4 is 11.8 Å². The molecule has 0 aromatic carbocycles. The molecule has 2 heterocycles. The molecule has 2 rings (SSSR count). The van der Waals surface area contributed by atoms with Gasteiger partial charge < -0.3 is 10.2 Å². The van der Waals surface area contributed by atoms with Crippen LogP contribution in [0.25, 0.3) is 0 Å². The average Bonchev–Trinajstić information content (AvgIpc) is 2.71. The fourth-order valence-corrected chi connectivity index (χ4v) is 1.58. The van der Waals surface area contributed by atoms with Gasteiger partial charge in [0.1, 0.15) is 5.76 Å². The van der Waals surface area contributed by atoms with Crippen molar-refractivity contribution < 1.29 is 14.0 Å². The minimum absolute atomic E-state index is 0.179. The predicted molar refractivity (Wildman–Crippen MR) is 51.5 cm³/mol. The van der Waals surface area contributed by atoms with Crippen molar-refractivity contribution in [2.45, 2.75) is 25.4 Å². The van der Waals surface area contributed by atoms with Crippen LogP contribution in [0, 0.1) is 0 Å². The largest absolute Gasteiger partial charge is 0.467 e. The Morgan fingerprint density at radius 3 is 3.00 bits per heavy atom. The van der Waals surface area contributed by atoms with Gasteiger partial charge in [-0.1, -0.05) is 0 Å². The van der Waals surface area contributed by atoms with E-state index < -0.39 is 6.04 Å². The van der Waals surface area contributed by atoms with Gasteiger partial charge in [0.2, 0.25) is 11.8 Å². The van der Waals surface area contributed by atoms with Crippen LogP contribution >= 0.6 is 0 Å². The molecule has 80 valence electrons. The number of furan rings is 1. The molecule has 15 heavy (non-hydrogen) atoms. The molecule has 2 amide bonds. The number of amides is 2. The highest BCUT2D eigenvalue weighted by molar-refractivity contribution is 6.00. The summed E-state index contributed by atoms with van der Waals surface area (Å²) in [4.78, 5) is 24.2. The Balaban J connectivity index is 2.12. The van der Waals surface area contributed by atoms with E-state index in [1.807, 2.05) is 0 Å². The zero-order chi connectivity index (χ0) is 10.8. The Hall–Kier alpha value is -1.62. The molecule has 1 atom stereocenters. The molecular weight excluding hydrogens is 196 g/mol. The third-order valence-electron chi connectivity index (χ3n) is 2.45. The van der Waals surface area contributed by atoms with Gasteiger partial charge in [0.25, 0.3) is 0 Å². The first kappa shape index (κ1) is 9.92. The molecule has 1 unspecified atom stereocenters. The van der Waals surface area contributed by atoms with Gasteiger partial charge in [-0.3, -0.25) is 14.5 Å². The van der Waals surface area contributed by atoms with E-state index in [1.165, 1.54) is 6.26 Å². The first-order chi connectivity index (χ1) is 7.18. The molecule has 2 N–H and O–H groups in total. The monoisotopic (exact) mass is 208 g/mol. The predicted octanol–water partition coefficient (Wildman–Crippen LogP) is 0.256. The summed E-state index contributed by atoms with van der Waals surface area (Å²) in [6, 6.07) is 2.88. The standard InChI is InChI=1S/C10H12N2O3/c11-8-3-4-9(13)12(10(8)14)6-7-2-1-5-15-7/h1-2,5,8H,3-4,6,11H2. The molecule has 1 aromatic heterocycles. The van der Waals surface area contributed by atoms with E-state index in [-0.39, 0.29) is 18.4 Å². The molecular formula is C10H12N2O3. The van der Waals surface area contributed by atoms with Crippen LogP contribution in [0.5, 0.6) is 0 Å². The van der Waals surface area contributed by atoms with Gasteiger partial charge in [-0.25, -0.2) is 0 Å². The van der Waals surface area contributed by atoms with Gasteiger partial charge in [-0.15, -0.1) is 0 Å². The van der Waals surface area contributed by atoms with Gasteiger partial charge in [-0.2, -0.15) is 0 Å². The van der Waals surface area contributed by atoms with E-state index in [9.17, 15) is 9.59 Å². The van der Waals surface area contributed by atoms with Crippen molar-refractivity contribution in [2.75, 3.05) is 0 Å². The summed E-state index contributed by atoms with van der Waals surface area (Å²) >= 11 is 0. The molecule has 0 aliphatic carbocycles. The zero-order valence-electron chi connectivity index (χ0n) is 8.18. The van der Waals surface area contributed by atoms with Crippen LogP contribution in [0.4, 0.5) is 0 Å². The number of rotatable bonds is 2. The van der Waals surface area contributed by atoms with Crippen molar-refractivity contribution in [3.8, 4) is 0 Å². The molecule has 0 bridgehead atoms. The van der Waals surface area contributed by atoms with Crippen LogP contribution < -0.4 is 5.73 Å². The van der Waals surface area contributed by atoms with Crippen LogP contribution in [-0.2, 0) is 16.1 Å². The average molecular weight is 208 g/mol. The second-order valence-corrected chi connectivity index (χ2v) is 3.54. The van der Waals surface area contributed by atoms with E-state index in [4.69, 9.17) is 10.2 Å². The third-order valence-corrected chi connectivity index (χ3v) is 2.45. The number of hydrogen-bond acceptors (Lipinski definition) is 4. The summed E-state index contributed by atoms with van der Waals surface area (Å²) in [5, 5.41) is 0. The topological polar surface area (TPSA) is 76.5 Å². The number of nitrogens with zero attached hydrogens (tertiary/aromatic N) is 1. The van der Waals surface area contributed by atoms with Gasteiger partial charge in [0.15, 0.2) is 0 Å². The third kappa shape index (κ3) is 1.92. The number of piperidine rings is 1. The number of carbonyl (C=O) groups is 2. The molecule has 1 fully saturated rings. The summed E-state index contributed by atoms with van der Waals surface area (Å²) in [6.07, 6.45) is 2.27. The molecule has 1 saturated heterocycles. The van der Waals surface area contributed by atoms with Crippen LogP contribution in [0.2, 0.25) is 0 Å². The van der Waals surface area contributed by atoms with E-state index in [1.54, 1.807) is 12.1 Å². The normalized spacial score (nSPS) is 22.2. The maximum absolute atomic E-state index is 11.6. The Bertz CT molecular complexity index is 372. The fourth-order valence-electron chi connectivity index (χ4n) is 1.58. The SMILES string of the molecule is NC1CCC(=O)N(Cc2ccco2)C1=O. The summed E-state index contributed by atoms with van der Waals surface area (Å²) in [5.74, 6) is 0.0894. The van der Waals surface area contributed by atoms with E-state index in [0.717, 1.165) is 4.90 Å². The molecule has 0 spiro atoms. The molecule has 0 saturated carbocycles. The van der Waals surface area contributed by atoms with Crippen molar-refractivity contribution in [3.63, 3.8) is 0 Å². The van der Waals surface area contributed by atoms with Crippen LogP contribution in [-0.4, -0.2) is 22.8 Å². The van der Waals surface area contributed by atoms with Crippen LogP contribution in [0.3, 0.4) is 0 Å². The van der Waals surface area contributed by atoms with Crippen molar-refractivity contribution in [3.05, 3.63) is 24.2 Å². The first-order valence-corrected chi connectivity index (χ1v) is 4.80. The quantitative estimate of drug-likeness (QED) is 0.707. The van der Waals surface area contributed by atoms with E-state index in [0.29, 0.717) is 18.6 Å². The lowest BCUT2D eigenvalue weighted by Gasteiger charge is -2.27. The van der Waals surface area contributed by atoms with E-state index >= 15 is 0 Å². The number of nitrogens with two attached hydrogens (primary N) is 1. The second-order valence-electron chi connectivity index (χ2n) is 3.54. The zero-order valence-corrected chi connectivity index (χ0v) is 8.18. The van der Waals surface area contributed by atoms with Crippen LogP contribution in [0.1, 0.15) is 18.6 Å². The number of carbonyl (C=O) groups excluding carboxylic acids is 2. The molecule has 0 radical (unpaired) electrons. The van der Waals surface area contributed by atoms with E-state index in [2.05, 4.69) is 0 Å². The van der Waals surface area contributed by atoms with Gasteiger partial charge >= 0.3 is 0 Å². The van der Waals surface area contributed by atoms with Gasteiger partial charge in [-0.05, 0) is 18.6 Å². The lowest BCUT2D eigenvalue weighted by molar-refractivity contribution is -0.150. The van der Waals surface area contributed by atoms with Crippen molar-refractivity contribution in [1.29, 1.82) is 0 Å². The minimum atomic E-state index is -0.558. The number of hydrogen-bond donors (Lipinski definition) is 1. The van der Waals surface area contributed by atoms with Gasteiger partial charge in [0, 0.05) is 6.42 Å². The maximum Gasteiger partial charge on any atom is 0.246 e. The smallest absolute Gasteiger partial charge is 0.246 e.